The number of benzene rings is 1. The number of rotatable bonds is 3. The van der Waals surface area contributed by atoms with Gasteiger partial charge in [-0.3, -0.25) is 0 Å². The maximum atomic E-state index is 13.7. The second kappa shape index (κ2) is 5.64. The van der Waals surface area contributed by atoms with Crippen molar-refractivity contribution in [1.82, 2.24) is 0 Å². The summed E-state index contributed by atoms with van der Waals surface area (Å²) < 4.78 is 14.3. The molecule has 0 aromatic heterocycles. The van der Waals surface area contributed by atoms with Crippen LogP contribution in [-0.4, -0.2) is 6.54 Å². The van der Waals surface area contributed by atoms with Gasteiger partial charge in [0.05, 0.1) is 5.02 Å². The highest BCUT2D eigenvalue weighted by molar-refractivity contribution is 9.10. The summed E-state index contributed by atoms with van der Waals surface area (Å²) in [6, 6.07) is 3.44. The van der Waals surface area contributed by atoms with Gasteiger partial charge in [-0.1, -0.05) is 23.7 Å². The maximum absolute atomic E-state index is 13.7. The molecule has 2 N–H and O–H groups in total. The van der Waals surface area contributed by atoms with Crippen molar-refractivity contribution in [1.29, 1.82) is 0 Å². The van der Waals surface area contributed by atoms with Crippen molar-refractivity contribution in [3.05, 3.63) is 39.1 Å². The summed E-state index contributed by atoms with van der Waals surface area (Å²) in [5.74, 6) is -0.392. The predicted octanol–water partition coefficient (Wildman–Crippen LogP) is 3.99. The van der Waals surface area contributed by atoms with Gasteiger partial charge in [-0.15, -0.1) is 0 Å². The van der Waals surface area contributed by atoms with Crippen LogP contribution in [0.25, 0.3) is 5.57 Å². The van der Waals surface area contributed by atoms with E-state index in [9.17, 15) is 4.39 Å². The molecule has 15 heavy (non-hydrogen) atoms. The average Bonchev–Trinajstić information content (AvgIpc) is 2.23. The van der Waals surface area contributed by atoms with Crippen LogP contribution in [0.1, 0.15) is 18.9 Å². The van der Waals surface area contributed by atoms with E-state index in [-0.39, 0.29) is 5.02 Å². The Bertz CT molecular complexity index is 390. The highest BCUT2D eigenvalue weighted by Crippen LogP contribution is 2.30. The van der Waals surface area contributed by atoms with E-state index >= 15 is 0 Å². The molecule has 0 saturated carbocycles. The summed E-state index contributed by atoms with van der Waals surface area (Å²) in [5, 5.41) is 0.119. The zero-order chi connectivity index (χ0) is 11.4. The minimum atomic E-state index is -0.392. The molecule has 0 fully saturated rings. The topological polar surface area (TPSA) is 26.0 Å². The molecule has 0 aliphatic carbocycles. The van der Waals surface area contributed by atoms with Gasteiger partial charge in [0.15, 0.2) is 0 Å². The Labute approximate surface area is 102 Å². The number of allylic oxidation sites excluding steroid dienone is 1. The van der Waals surface area contributed by atoms with Crippen LogP contribution in [0.15, 0.2) is 22.7 Å². The predicted molar refractivity (Wildman–Crippen MR) is 66.4 cm³/mol. The molecule has 0 saturated heterocycles. The maximum Gasteiger partial charge on any atom is 0.150 e. The molecule has 1 rings (SSSR count). The van der Waals surface area contributed by atoms with Crippen molar-refractivity contribution in [2.24, 2.45) is 5.73 Å². The first kappa shape index (κ1) is 12.7. The second-order valence-corrected chi connectivity index (χ2v) is 4.42. The van der Waals surface area contributed by atoms with Gasteiger partial charge in [-0.2, -0.15) is 0 Å². The molecule has 82 valence electrons. The molecule has 1 aromatic carbocycles. The molecular formula is C11H12BrClFN. The zero-order valence-corrected chi connectivity index (χ0v) is 10.7. The minimum Gasteiger partial charge on any atom is -0.330 e. The molecule has 1 aromatic rings. The Hall–Kier alpha value is -0.380. The monoisotopic (exact) mass is 291 g/mol. The molecule has 0 spiro atoms. The van der Waals surface area contributed by atoms with Crippen molar-refractivity contribution in [2.75, 3.05) is 6.54 Å². The Morgan fingerprint density at radius 3 is 2.87 bits per heavy atom. The fraction of sp³-hybridized carbons (Fsp3) is 0.273. The molecule has 0 amide bonds. The van der Waals surface area contributed by atoms with Crippen LogP contribution in [0.5, 0.6) is 0 Å². The van der Waals surface area contributed by atoms with Gasteiger partial charge < -0.3 is 5.73 Å². The van der Waals surface area contributed by atoms with Crippen molar-refractivity contribution >= 4 is 33.1 Å². The van der Waals surface area contributed by atoms with Gasteiger partial charge in [0.1, 0.15) is 5.82 Å². The van der Waals surface area contributed by atoms with Gasteiger partial charge in [0.2, 0.25) is 0 Å². The first-order chi connectivity index (χ1) is 7.07. The summed E-state index contributed by atoms with van der Waals surface area (Å²) in [7, 11) is 0. The number of nitrogens with two attached hydrogens (primary N) is 1. The van der Waals surface area contributed by atoms with Crippen LogP contribution in [0.3, 0.4) is 0 Å². The lowest BCUT2D eigenvalue weighted by Gasteiger charge is -2.06. The number of hydrogen-bond donors (Lipinski definition) is 1. The lowest BCUT2D eigenvalue weighted by Crippen LogP contribution is -1.96. The molecule has 0 aliphatic rings. The van der Waals surface area contributed by atoms with Gasteiger partial charge in [0, 0.05) is 10.0 Å². The smallest absolute Gasteiger partial charge is 0.150 e. The Morgan fingerprint density at radius 1 is 1.60 bits per heavy atom. The number of halogens is 3. The van der Waals surface area contributed by atoms with Crippen LogP contribution in [0, 0.1) is 5.82 Å². The zero-order valence-electron chi connectivity index (χ0n) is 8.36. The van der Waals surface area contributed by atoms with E-state index in [1.54, 1.807) is 12.1 Å². The summed E-state index contributed by atoms with van der Waals surface area (Å²) >= 11 is 8.96. The molecular weight excluding hydrogens is 280 g/mol. The van der Waals surface area contributed by atoms with Crippen molar-refractivity contribution in [3.8, 4) is 0 Å². The standard InChI is InChI=1S/C11H12BrClFN/c1-7(3-2-6-15)8-4-5-9(12)10(13)11(8)14/h3-5H,2,6,15H2,1H3/b7-3-. The van der Waals surface area contributed by atoms with E-state index in [4.69, 9.17) is 17.3 Å². The fourth-order valence-electron chi connectivity index (χ4n) is 1.24. The van der Waals surface area contributed by atoms with E-state index in [1.165, 1.54) is 0 Å². The van der Waals surface area contributed by atoms with Crippen LogP contribution in [0.4, 0.5) is 4.39 Å². The lowest BCUT2D eigenvalue weighted by atomic mass is 10.1. The fourth-order valence-corrected chi connectivity index (χ4v) is 1.71. The Morgan fingerprint density at radius 2 is 2.27 bits per heavy atom. The van der Waals surface area contributed by atoms with Crippen LogP contribution in [0.2, 0.25) is 5.02 Å². The average molecular weight is 293 g/mol. The molecule has 4 heteroatoms. The highest BCUT2D eigenvalue weighted by atomic mass is 79.9. The number of hydrogen-bond acceptors (Lipinski definition) is 1. The highest BCUT2D eigenvalue weighted by Gasteiger charge is 2.10. The van der Waals surface area contributed by atoms with Gasteiger partial charge >= 0.3 is 0 Å². The summed E-state index contributed by atoms with van der Waals surface area (Å²) in [5.41, 5.74) is 6.75. The normalized spacial score (nSPS) is 11.9. The molecule has 1 nitrogen and oxygen atoms in total. The molecule has 0 unspecified atom stereocenters. The Kier molecular flexibility index (Phi) is 4.77. The van der Waals surface area contributed by atoms with E-state index in [2.05, 4.69) is 15.9 Å². The van der Waals surface area contributed by atoms with E-state index in [0.717, 1.165) is 12.0 Å². The lowest BCUT2D eigenvalue weighted by molar-refractivity contribution is 0.623. The molecule has 0 radical (unpaired) electrons. The third-order valence-electron chi connectivity index (χ3n) is 2.08. The van der Waals surface area contributed by atoms with Crippen molar-refractivity contribution < 1.29 is 4.39 Å². The first-order valence-electron chi connectivity index (χ1n) is 4.58. The van der Waals surface area contributed by atoms with Crippen LogP contribution >= 0.6 is 27.5 Å². The minimum absolute atomic E-state index is 0.119. The summed E-state index contributed by atoms with van der Waals surface area (Å²) in [4.78, 5) is 0. The van der Waals surface area contributed by atoms with Crippen molar-refractivity contribution in [3.63, 3.8) is 0 Å². The van der Waals surface area contributed by atoms with Crippen molar-refractivity contribution in [2.45, 2.75) is 13.3 Å². The first-order valence-corrected chi connectivity index (χ1v) is 5.75. The SMILES string of the molecule is C/C(=C/CCN)c1ccc(Br)c(Cl)c1F. The van der Waals surface area contributed by atoms with Gasteiger partial charge in [-0.05, 0) is 47.5 Å². The third kappa shape index (κ3) is 3.03. The summed E-state index contributed by atoms with van der Waals surface area (Å²) in [6.45, 7) is 2.40. The third-order valence-corrected chi connectivity index (χ3v) is 3.34. The van der Waals surface area contributed by atoms with E-state index < -0.39 is 5.82 Å². The van der Waals surface area contributed by atoms with Crippen LogP contribution < -0.4 is 5.73 Å². The quantitative estimate of drug-likeness (QED) is 0.838. The second-order valence-electron chi connectivity index (χ2n) is 3.19. The van der Waals surface area contributed by atoms with E-state index in [1.807, 2.05) is 13.0 Å². The molecule has 0 atom stereocenters. The summed E-state index contributed by atoms with van der Waals surface area (Å²) in [6.07, 6.45) is 2.64. The van der Waals surface area contributed by atoms with E-state index in [0.29, 0.717) is 16.6 Å². The molecule has 0 aliphatic heterocycles. The molecule has 0 bridgehead atoms. The van der Waals surface area contributed by atoms with Gasteiger partial charge in [0.25, 0.3) is 0 Å². The molecule has 0 heterocycles. The largest absolute Gasteiger partial charge is 0.330 e. The Balaban J connectivity index is 3.10. The van der Waals surface area contributed by atoms with Gasteiger partial charge in [-0.25, -0.2) is 4.39 Å². The van der Waals surface area contributed by atoms with Crippen LogP contribution in [-0.2, 0) is 0 Å².